The van der Waals surface area contributed by atoms with Gasteiger partial charge in [0.1, 0.15) is 0 Å². The zero-order valence-corrected chi connectivity index (χ0v) is 39.1. The van der Waals surface area contributed by atoms with Crippen LogP contribution in [0.1, 0.15) is 93.7 Å². The highest BCUT2D eigenvalue weighted by Crippen LogP contribution is 2.64. The molecule has 0 radical (unpaired) electrons. The molecule has 14 rings (SSSR count). The van der Waals surface area contributed by atoms with Crippen molar-refractivity contribution in [3.05, 3.63) is 221 Å². The van der Waals surface area contributed by atoms with Crippen molar-refractivity contribution in [2.75, 3.05) is 9.80 Å². The van der Waals surface area contributed by atoms with Gasteiger partial charge in [0, 0.05) is 55.9 Å². The van der Waals surface area contributed by atoms with Gasteiger partial charge in [0.15, 0.2) is 0 Å². The van der Waals surface area contributed by atoms with Crippen LogP contribution in [0, 0.1) is 0 Å². The van der Waals surface area contributed by atoms with Crippen molar-refractivity contribution in [1.82, 2.24) is 4.57 Å². The van der Waals surface area contributed by atoms with Crippen molar-refractivity contribution in [2.45, 2.75) is 82.1 Å². The van der Waals surface area contributed by atoms with Crippen LogP contribution in [0.25, 0.3) is 27.8 Å². The maximum absolute atomic E-state index is 2.88. The lowest BCUT2D eigenvalue weighted by Crippen LogP contribution is -2.64. The molecule has 3 aliphatic heterocycles. The molecule has 2 aliphatic carbocycles. The Hall–Kier alpha value is -7.04. The fourth-order valence-electron chi connectivity index (χ4n) is 14.2. The summed E-state index contributed by atoms with van der Waals surface area (Å²) in [6.45, 7) is 12.5. The van der Waals surface area contributed by atoms with Crippen LogP contribution >= 0.6 is 0 Å². The average Bonchev–Trinajstić information content (AvgIpc) is 3.94. The molecule has 0 spiro atoms. The molecule has 4 heterocycles. The fourth-order valence-corrected chi connectivity index (χ4v) is 14.2. The van der Waals surface area contributed by atoms with Gasteiger partial charge >= 0.3 is 0 Å². The first-order chi connectivity index (χ1) is 32.6. The van der Waals surface area contributed by atoms with Crippen LogP contribution in [0.3, 0.4) is 0 Å². The molecule has 3 nitrogen and oxygen atoms in total. The van der Waals surface area contributed by atoms with Gasteiger partial charge in [-0.25, -0.2) is 0 Å². The number of anilines is 5. The third kappa shape index (κ3) is 4.88. The molecule has 0 N–H and O–H groups in total. The largest absolute Gasteiger partial charge is 0.335 e. The van der Waals surface area contributed by atoms with Crippen molar-refractivity contribution in [3.63, 3.8) is 0 Å². The summed E-state index contributed by atoms with van der Waals surface area (Å²) in [4.78, 5) is 5.38. The third-order valence-corrected chi connectivity index (χ3v) is 17.3. The lowest BCUT2D eigenvalue weighted by atomic mass is 9.33. The van der Waals surface area contributed by atoms with Gasteiger partial charge in [0.25, 0.3) is 6.71 Å². The zero-order chi connectivity index (χ0) is 45.0. The molecule has 2 unspecified atom stereocenters. The molecule has 0 amide bonds. The molecule has 8 aromatic carbocycles. The van der Waals surface area contributed by atoms with E-state index in [9.17, 15) is 0 Å². The molecule has 0 bridgehead atoms. The van der Waals surface area contributed by atoms with E-state index in [2.05, 4.69) is 237 Å². The topological polar surface area (TPSA) is 11.4 Å². The fraction of sp³-hybridized carbons (Fsp3) is 0.206. The molecular weight excluding hydrogens is 810 g/mol. The first-order valence-corrected chi connectivity index (χ1v) is 24.6. The van der Waals surface area contributed by atoms with Crippen molar-refractivity contribution in [2.24, 2.45) is 0 Å². The summed E-state index contributed by atoms with van der Waals surface area (Å²) in [6, 6.07) is 71.9. The maximum Gasteiger partial charge on any atom is 0.252 e. The summed E-state index contributed by atoms with van der Waals surface area (Å²) in [5.41, 5.74) is 23.3. The first kappa shape index (κ1) is 39.2. The normalized spacial score (nSPS) is 20.0. The maximum atomic E-state index is 2.88. The monoisotopic (exact) mass is 863 g/mol. The molecule has 67 heavy (non-hydrogen) atoms. The van der Waals surface area contributed by atoms with E-state index in [0.29, 0.717) is 0 Å². The second-order valence-electron chi connectivity index (χ2n) is 21.5. The predicted molar refractivity (Wildman–Crippen MR) is 281 cm³/mol. The Bertz CT molecular complexity index is 3420. The minimum atomic E-state index is -0.563. The summed E-state index contributed by atoms with van der Waals surface area (Å²) in [6.07, 6.45) is 4.84. The predicted octanol–water partition coefficient (Wildman–Crippen LogP) is 13.6. The summed E-state index contributed by atoms with van der Waals surface area (Å²) in [7, 11) is 0. The number of fused-ring (bicyclic) bond motifs is 12. The minimum absolute atomic E-state index is 0.00852. The van der Waals surface area contributed by atoms with Crippen LogP contribution in [0.4, 0.5) is 28.4 Å². The van der Waals surface area contributed by atoms with Crippen LogP contribution in [0.2, 0.25) is 0 Å². The second-order valence-corrected chi connectivity index (χ2v) is 21.5. The molecule has 0 saturated heterocycles. The Balaban J connectivity index is 1.21. The van der Waals surface area contributed by atoms with Gasteiger partial charge in [0.05, 0.1) is 22.3 Å². The number of benzene rings is 8. The Labute approximate surface area is 395 Å². The highest BCUT2D eigenvalue weighted by Gasteiger charge is 2.62. The van der Waals surface area contributed by atoms with Crippen LogP contribution in [0.15, 0.2) is 188 Å². The number of aromatic nitrogens is 1. The Morgan fingerprint density at radius 2 is 1.13 bits per heavy atom. The van der Waals surface area contributed by atoms with Crippen LogP contribution in [-0.2, 0) is 16.2 Å². The van der Waals surface area contributed by atoms with Gasteiger partial charge in [-0.1, -0.05) is 186 Å². The SMILES string of the molecule is CC(C)(C)c1cc2c3c(c1)c1c(n3-c3cc(N(c4ccccc4)c4ccccc4)cc4c3B2c2cccc3c2N4C2(C)CCCCC32C)-c2ccccc2C1(c1ccccc1)c1ccccc1. The number of hydrogen-bond acceptors (Lipinski definition) is 2. The summed E-state index contributed by atoms with van der Waals surface area (Å²) in [5.74, 6) is 0. The molecule has 5 aliphatic rings. The molecular formula is C63H54BN3. The molecule has 324 valence electrons. The van der Waals surface area contributed by atoms with Gasteiger partial charge in [0.2, 0.25) is 0 Å². The Morgan fingerprint density at radius 1 is 0.552 bits per heavy atom. The lowest BCUT2D eigenvalue weighted by molar-refractivity contribution is 0.195. The number of para-hydroxylation sites is 3. The van der Waals surface area contributed by atoms with E-state index in [-0.39, 0.29) is 23.1 Å². The van der Waals surface area contributed by atoms with Crippen molar-refractivity contribution < 1.29 is 0 Å². The van der Waals surface area contributed by atoms with E-state index in [4.69, 9.17) is 0 Å². The minimum Gasteiger partial charge on any atom is -0.335 e. The van der Waals surface area contributed by atoms with E-state index in [1.54, 1.807) is 0 Å². The average molecular weight is 864 g/mol. The summed E-state index contributed by atoms with van der Waals surface area (Å²) < 4.78 is 2.76. The van der Waals surface area contributed by atoms with Gasteiger partial charge < -0.3 is 14.4 Å². The van der Waals surface area contributed by atoms with E-state index in [1.807, 2.05) is 0 Å². The molecule has 1 saturated carbocycles. The first-order valence-electron chi connectivity index (χ1n) is 24.6. The van der Waals surface area contributed by atoms with Crippen LogP contribution < -0.4 is 26.2 Å². The highest BCUT2D eigenvalue weighted by molar-refractivity contribution is 7.00. The van der Waals surface area contributed by atoms with Gasteiger partial charge in [-0.15, -0.1) is 0 Å². The summed E-state index contributed by atoms with van der Waals surface area (Å²) >= 11 is 0. The van der Waals surface area contributed by atoms with Crippen LogP contribution in [0.5, 0.6) is 0 Å². The lowest BCUT2D eigenvalue weighted by Gasteiger charge is -2.52. The smallest absolute Gasteiger partial charge is 0.252 e. The Morgan fingerprint density at radius 3 is 1.79 bits per heavy atom. The highest BCUT2D eigenvalue weighted by atomic mass is 15.3. The van der Waals surface area contributed by atoms with Crippen molar-refractivity contribution in [3.8, 4) is 16.9 Å². The van der Waals surface area contributed by atoms with E-state index in [1.165, 1.54) is 114 Å². The zero-order valence-electron chi connectivity index (χ0n) is 39.1. The number of nitrogens with zero attached hydrogens (tertiary/aromatic N) is 3. The Kier molecular flexibility index (Phi) is 7.91. The van der Waals surface area contributed by atoms with E-state index < -0.39 is 5.41 Å². The third-order valence-electron chi connectivity index (χ3n) is 17.3. The molecule has 4 heteroatoms. The van der Waals surface area contributed by atoms with E-state index >= 15 is 0 Å². The van der Waals surface area contributed by atoms with Crippen LogP contribution in [-0.4, -0.2) is 16.8 Å². The standard InChI is InChI=1S/C63H54BN3/c1-60(2,3)43-37-48-55-58(47-31-18-19-32-49(47)63(55,41-23-10-6-11-24-41)42-25-12-7-13-26-42)66-53-39-46(65(44-27-14-8-15-28-44)45-29-16-9-17-30-45)40-54-56(53)64(52(38-43)57(48)66)51-34-22-33-50-59(51)67(54)62(5)36-21-20-35-61(50,62)4/h6-19,22-34,37-40H,20-21,35-36H2,1-5H3. The molecule has 2 atom stereocenters. The molecule has 9 aromatic rings. The van der Waals surface area contributed by atoms with E-state index in [0.717, 1.165) is 17.8 Å². The quantitative estimate of drug-likeness (QED) is 0.160. The number of hydrogen-bond donors (Lipinski definition) is 0. The number of rotatable bonds is 5. The molecule has 1 aromatic heterocycles. The van der Waals surface area contributed by atoms with Crippen molar-refractivity contribution in [1.29, 1.82) is 0 Å². The van der Waals surface area contributed by atoms with Gasteiger partial charge in [-0.05, 0) is 112 Å². The second kappa shape index (κ2) is 13.5. The summed E-state index contributed by atoms with van der Waals surface area (Å²) in [5, 5.41) is 1.35. The van der Waals surface area contributed by atoms with Gasteiger partial charge in [-0.3, -0.25) is 0 Å². The molecule has 1 fully saturated rings. The van der Waals surface area contributed by atoms with Crippen molar-refractivity contribution >= 4 is 62.4 Å². The van der Waals surface area contributed by atoms with Gasteiger partial charge in [-0.2, -0.15) is 0 Å².